The molecule has 0 saturated carbocycles. The van der Waals surface area contributed by atoms with Crippen LogP contribution >= 0.6 is 0 Å². The van der Waals surface area contributed by atoms with E-state index in [2.05, 4.69) is 15.3 Å². The summed E-state index contributed by atoms with van der Waals surface area (Å²) in [4.78, 5) is 25.8. The summed E-state index contributed by atoms with van der Waals surface area (Å²) in [5.41, 5.74) is 2.09. The van der Waals surface area contributed by atoms with Gasteiger partial charge in [-0.3, -0.25) is 9.69 Å². The molecule has 1 atom stereocenters. The van der Waals surface area contributed by atoms with Crippen molar-refractivity contribution < 1.29 is 14.7 Å². The third-order valence-electron chi connectivity index (χ3n) is 4.67. The quantitative estimate of drug-likeness (QED) is 0.890. The monoisotopic (exact) mass is 342 g/mol. The molecule has 0 radical (unpaired) electrons. The summed E-state index contributed by atoms with van der Waals surface area (Å²) >= 11 is 0. The Bertz CT molecular complexity index is 799. The molecule has 1 saturated heterocycles. The fraction of sp³-hybridized carbons (Fsp3) is 0.389. The Labute approximate surface area is 146 Å². The molecule has 2 aromatic rings. The number of anilines is 1. The number of carbonyl (C=O) groups is 2. The maximum atomic E-state index is 12.5. The molecule has 0 bridgehead atoms. The van der Waals surface area contributed by atoms with Gasteiger partial charge in [0.1, 0.15) is 5.56 Å². The molecule has 1 aromatic carbocycles. The number of amides is 1. The van der Waals surface area contributed by atoms with Gasteiger partial charge in [0.05, 0.1) is 23.6 Å². The average molecular weight is 342 g/mol. The Hall–Kier alpha value is -2.67. The van der Waals surface area contributed by atoms with Gasteiger partial charge in [0.15, 0.2) is 0 Å². The van der Waals surface area contributed by atoms with E-state index < -0.39 is 5.97 Å². The normalized spacial score (nSPS) is 18.1. The number of benzene rings is 1. The summed E-state index contributed by atoms with van der Waals surface area (Å²) < 4.78 is 1.56. The Kier molecular flexibility index (Phi) is 4.85. The van der Waals surface area contributed by atoms with Crippen molar-refractivity contribution in [2.24, 2.45) is 0 Å². The zero-order chi connectivity index (χ0) is 18.0. The maximum Gasteiger partial charge on any atom is 0.339 e. The van der Waals surface area contributed by atoms with Crippen LogP contribution in [-0.2, 0) is 4.79 Å². The van der Waals surface area contributed by atoms with Gasteiger partial charge in [-0.05, 0) is 51.6 Å². The smallest absolute Gasteiger partial charge is 0.339 e. The fourth-order valence-corrected chi connectivity index (χ4v) is 3.23. The molecule has 1 unspecified atom stereocenters. The van der Waals surface area contributed by atoms with Crippen molar-refractivity contribution in [1.29, 1.82) is 0 Å². The number of aromatic nitrogens is 2. The summed E-state index contributed by atoms with van der Waals surface area (Å²) in [6.45, 7) is 2.64. The van der Waals surface area contributed by atoms with E-state index in [1.54, 1.807) is 17.7 Å². The number of likely N-dealkylation sites (tertiary alicyclic amines) is 1. The highest BCUT2D eigenvalue weighted by atomic mass is 16.4. The van der Waals surface area contributed by atoms with E-state index in [9.17, 15) is 9.59 Å². The van der Waals surface area contributed by atoms with Crippen molar-refractivity contribution in [2.75, 3.05) is 18.9 Å². The number of nitrogens with zero attached hydrogens (tertiary/aromatic N) is 3. The largest absolute Gasteiger partial charge is 0.478 e. The van der Waals surface area contributed by atoms with Crippen LogP contribution < -0.4 is 5.32 Å². The standard InChI is InChI=1S/C18H22N4O3/c1-12-15(18(24)25)11-19-22(12)14-7-5-6-13(10-14)20-17(23)16-8-3-4-9-21(16)2/h5-7,10-11,16H,3-4,8-9H2,1-2H3,(H,20,23)(H,24,25). The summed E-state index contributed by atoms with van der Waals surface area (Å²) in [5, 5.41) is 16.3. The van der Waals surface area contributed by atoms with E-state index in [0.717, 1.165) is 25.8 Å². The van der Waals surface area contributed by atoms with Gasteiger partial charge in [-0.25, -0.2) is 9.48 Å². The Morgan fingerprint density at radius 1 is 1.32 bits per heavy atom. The molecule has 7 heteroatoms. The first-order valence-electron chi connectivity index (χ1n) is 8.37. The molecule has 2 N–H and O–H groups in total. The lowest BCUT2D eigenvalue weighted by molar-refractivity contribution is -0.121. The summed E-state index contributed by atoms with van der Waals surface area (Å²) in [7, 11) is 1.97. The first kappa shape index (κ1) is 17.2. The van der Waals surface area contributed by atoms with E-state index in [1.165, 1.54) is 6.20 Å². The van der Waals surface area contributed by atoms with Crippen molar-refractivity contribution in [3.8, 4) is 5.69 Å². The van der Waals surface area contributed by atoms with E-state index in [4.69, 9.17) is 5.11 Å². The molecule has 1 aliphatic rings. The molecule has 2 heterocycles. The Morgan fingerprint density at radius 2 is 2.12 bits per heavy atom. The van der Waals surface area contributed by atoms with Crippen molar-refractivity contribution in [2.45, 2.75) is 32.2 Å². The predicted octanol–water partition coefficient (Wildman–Crippen LogP) is 2.30. The molecule has 1 amide bonds. The van der Waals surface area contributed by atoms with Gasteiger partial charge in [0.25, 0.3) is 0 Å². The molecule has 7 nitrogen and oxygen atoms in total. The van der Waals surface area contributed by atoms with Crippen LogP contribution in [0.4, 0.5) is 5.69 Å². The number of rotatable bonds is 4. The molecule has 0 aliphatic carbocycles. The number of hydrogen-bond donors (Lipinski definition) is 2. The van der Waals surface area contributed by atoms with Gasteiger partial charge in [0, 0.05) is 5.69 Å². The van der Waals surface area contributed by atoms with E-state index in [-0.39, 0.29) is 17.5 Å². The molecule has 3 rings (SSSR count). The van der Waals surface area contributed by atoms with E-state index in [0.29, 0.717) is 17.1 Å². The predicted molar refractivity (Wildman–Crippen MR) is 94.2 cm³/mol. The fourth-order valence-electron chi connectivity index (χ4n) is 3.23. The average Bonchev–Trinajstić information content (AvgIpc) is 2.97. The van der Waals surface area contributed by atoms with Crippen molar-refractivity contribution in [3.05, 3.63) is 41.7 Å². The number of nitrogens with one attached hydrogen (secondary N) is 1. The first-order chi connectivity index (χ1) is 12.0. The van der Waals surface area contributed by atoms with Crippen LogP contribution in [0, 0.1) is 6.92 Å². The van der Waals surface area contributed by atoms with Gasteiger partial charge < -0.3 is 10.4 Å². The zero-order valence-corrected chi connectivity index (χ0v) is 14.4. The van der Waals surface area contributed by atoms with Gasteiger partial charge in [-0.15, -0.1) is 0 Å². The number of carboxylic acid groups (broad SMARTS) is 1. The van der Waals surface area contributed by atoms with Crippen LogP contribution in [0.5, 0.6) is 0 Å². The molecule has 1 fully saturated rings. The van der Waals surface area contributed by atoms with Crippen LogP contribution in [0.1, 0.15) is 35.3 Å². The highest BCUT2D eigenvalue weighted by Gasteiger charge is 2.25. The molecule has 1 aliphatic heterocycles. The third kappa shape index (κ3) is 3.56. The topological polar surface area (TPSA) is 87.5 Å². The zero-order valence-electron chi connectivity index (χ0n) is 14.4. The van der Waals surface area contributed by atoms with E-state index >= 15 is 0 Å². The second-order valence-electron chi connectivity index (χ2n) is 6.39. The lowest BCUT2D eigenvalue weighted by Gasteiger charge is -2.31. The lowest BCUT2D eigenvalue weighted by atomic mass is 10.0. The van der Waals surface area contributed by atoms with Gasteiger partial charge in [-0.1, -0.05) is 12.5 Å². The number of likely N-dealkylation sites (N-methyl/N-ethyl adjacent to an activating group) is 1. The van der Waals surface area contributed by atoms with Crippen LogP contribution in [0.2, 0.25) is 0 Å². The van der Waals surface area contributed by atoms with E-state index in [1.807, 2.05) is 25.2 Å². The number of hydrogen-bond acceptors (Lipinski definition) is 4. The molecule has 1 aromatic heterocycles. The first-order valence-corrected chi connectivity index (χ1v) is 8.37. The minimum Gasteiger partial charge on any atom is -0.478 e. The maximum absolute atomic E-state index is 12.5. The van der Waals surface area contributed by atoms with Gasteiger partial charge in [0.2, 0.25) is 5.91 Å². The van der Waals surface area contributed by atoms with Gasteiger partial charge >= 0.3 is 5.97 Å². The second-order valence-corrected chi connectivity index (χ2v) is 6.39. The van der Waals surface area contributed by atoms with Crippen LogP contribution in [0.15, 0.2) is 30.5 Å². The number of piperidine rings is 1. The second kappa shape index (κ2) is 7.06. The summed E-state index contributed by atoms with van der Waals surface area (Å²) in [5.74, 6) is -1.02. The van der Waals surface area contributed by atoms with Crippen molar-refractivity contribution in [3.63, 3.8) is 0 Å². The minimum absolute atomic E-state index is 0.0113. The third-order valence-corrected chi connectivity index (χ3v) is 4.67. The molecule has 0 spiro atoms. The van der Waals surface area contributed by atoms with Crippen molar-refractivity contribution in [1.82, 2.24) is 14.7 Å². The molecule has 132 valence electrons. The number of carboxylic acids is 1. The highest BCUT2D eigenvalue weighted by molar-refractivity contribution is 5.95. The summed E-state index contributed by atoms with van der Waals surface area (Å²) in [6.07, 6.45) is 4.38. The molecular formula is C18H22N4O3. The Balaban J connectivity index is 1.80. The molecular weight excluding hydrogens is 320 g/mol. The molecule has 25 heavy (non-hydrogen) atoms. The van der Waals surface area contributed by atoms with Gasteiger partial charge in [-0.2, -0.15) is 5.10 Å². The number of carbonyl (C=O) groups excluding carboxylic acids is 1. The highest BCUT2D eigenvalue weighted by Crippen LogP contribution is 2.20. The summed E-state index contributed by atoms with van der Waals surface area (Å²) in [6, 6.07) is 7.15. The lowest BCUT2D eigenvalue weighted by Crippen LogP contribution is -2.44. The van der Waals surface area contributed by atoms with Crippen molar-refractivity contribution >= 4 is 17.6 Å². The van der Waals surface area contributed by atoms with Crippen LogP contribution in [-0.4, -0.2) is 51.3 Å². The minimum atomic E-state index is -1.01. The van der Waals surface area contributed by atoms with Crippen LogP contribution in [0.25, 0.3) is 5.69 Å². The van der Waals surface area contributed by atoms with Crippen LogP contribution in [0.3, 0.4) is 0 Å². The Morgan fingerprint density at radius 3 is 2.80 bits per heavy atom. The number of aromatic carboxylic acids is 1. The SMILES string of the molecule is Cc1c(C(=O)O)cnn1-c1cccc(NC(=O)C2CCCCN2C)c1.